The third kappa shape index (κ3) is 3.78. The number of amides is 1. The maximum absolute atomic E-state index is 12.7. The maximum atomic E-state index is 12.7. The zero-order chi connectivity index (χ0) is 19.0. The average Bonchev–Trinajstić information content (AvgIpc) is 3.52. The molecule has 1 amide bonds. The number of carbonyl (C=O) groups excluding carboxylic acids is 1. The van der Waals surface area contributed by atoms with Crippen LogP contribution in [0.25, 0.3) is 0 Å². The number of hydrogen-bond acceptors (Lipinski definition) is 4. The van der Waals surface area contributed by atoms with Gasteiger partial charge in [0.15, 0.2) is 0 Å². The molecule has 0 unspecified atom stereocenters. The Morgan fingerprint density at radius 2 is 1.96 bits per heavy atom. The van der Waals surface area contributed by atoms with Crippen molar-refractivity contribution in [2.24, 2.45) is 5.92 Å². The molecule has 0 atom stereocenters. The number of rotatable bonds is 5. The largest absolute Gasteiger partial charge is 0.497 e. The molecule has 7 heteroatoms. The van der Waals surface area contributed by atoms with E-state index in [2.05, 4.69) is 4.72 Å². The van der Waals surface area contributed by atoms with Gasteiger partial charge in [-0.25, -0.2) is 8.42 Å². The molecule has 1 aliphatic heterocycles. The molecule has 142 valence electrons. The lowest BCUT2D eigenvalue weighted by atomic mass is 9.99. The van der Waals surface area contributed by atoms with Crippen molar-refractivity contribution in [1.29, 1.82) is 0 Å². The van der Waals surface area contributed by atoms with Crippen LogP contribution in [0.4, 0.5) is 5.69 Å². The van der Waals surface area contributed by atoms with E-state index in [0.717, 1.165) is 31.4 Å². The van der Waals surface area contributed by atoms with Crippen molar-refractivity contribution in [3.05, 3.63) is 53.6 Å². The van der Waals surface area contributed by atoms with Crippen LogP contribution in [0, 0.1) is 5.92 Å². The molecular formula is C20H22N2O4S. The van der Waals surface area contributed by atoms with Gasteiger partial charge >= 0.3 is 0 Å². The molecule has 1 aliphatic carbocycles. The van der Waals surface area contributed by atoms with Crippen LogP contribution in [0.2, 0.25) is 0 Å². The number of methoxy groups -OCH3 is 1. The molecule has 1 heterocycles. The van der Waals surface area contributed by atoms with E-state index in [4.69, 9.17) is 4.74 Å². The van der Waals surface area contributed by atoms with Gasteiger partial charge in [0.1, 0.15) is 5.75 Å². The van der Waals surface area contributed by atoms with Crippen LogP contribution in [0.3, 0.4) is 0 Å². The Hall–Kier alpha value is -2.54. The van der Waals surface area contributed by atoms with Crippen molar-refractivity contribution in [3.63, 3.8) is 0 Å². The lowest BCUT2D eigenvalue weighted by molar-refractivity contribution is -0.133. The van der Waals surface area contributed by atoms with Crippen LogP contribution in [0.1, 0.15) is 24.0 Å². The van der Waals surface area contributed by atoms with E-state index in [0.29, 0.717) is 18.0 Å². The lowest BCUT2D eigenvalue weighted by Crippen LogP contribution is -2.36. The third-order valence-corrected chi connectivity index (χ3v) is 6.44. The van der Waals surface area contributed by atoms with E-state index < -0.39 is 10.0 Å². The van der Waals surface area contributed by atoms with Gasteiger partial charge in [-0.15, -0.1) is 0 Å². The highest BCUT2D eigenvalue weighted by molar-refractivity contribution is 7.92. The predicted molar refractivity (Wildman–Crippen MR) is 102 cm³/mol. The van der Waals surface area contributed by atoms with Crippen molar-refractivity contribution in [2.75, 3.05) is 18.4 Å². The van der Waals surface area contributed by atoms with Crippen molar-refractivity contribution in [1.82, 2.24) is 4.90 Å². The number of benzene rings is 2. The summed E-state index contributed by atoms with van der Waals surface area (Å²) in [7, 11) is -2.22. The smallest absolute Gasteiger partial charge is 0.262 e. The van der Waals surface area contributed by atoms with Gasteiger partial charge in [-0.3, -0.25) is 9.52 Å². The second-order valence-electron chi connectivity index (χ2n) is 7.05. The van der Waals surface area contributed by atoms with E-state index in [-0.39, 0.29) is 16.7 Å². The van der Waals surface area contributed by atoms with Gasteiger partial charge in [0.05, 0.1) is 12.0 Å². The Kier molecular flexibility index (Phi) is 4.55. The van der Waals surface area contributed by atoms with Crippen molar-refractivity contribution in [3.8, 4) is 5.75 Å². The van der Waals surface area contributed by atoms with E-state index in [1.807, 2.05) is 17.0 Å². The Labute approximate surface area is 159 Å². The van der Waals surface area contributed by atoms with Crippen molar-refractivity contribution >= 4 is 21.6 Å². The highest BCUT2D eigenvalue weighted by Crippen LogP contribution is 2.33. The Morgan fingerprint density at radius 1 is 1.15 bits per heavy atom. The Bertz CT molecular complexity index is 983. The van der Waals surface area contributed by atoms with Gasteiger partial charge in [-0.2, -0.15) is 0 Å². The molecule has 0 aromatic heterocycles. The quantitative estimate of drug-likeness (QED) is 0.857. The zero-order valence-corrected chi connectivity index (χ0v) is 16.0. The molecule has 6 nitrogen and oxygen atoms in total. The van der Waals surface area contributed by atoms with Crippen LogP contribution in [0.15, 0.2) is 47.4 Å². The van der Waals surface area contributed by atoms with E-state index in [1.54, 1.807) is 18.2 Å². The molecule has 2 aromatic carbocycles. The number of fused-ring (bicyclic) bond motifs is 1. The summed E-state index contributed by atoms with van der Waals surface area (Å²) < 4.78 is 33.1. The maximum Gasteiger partial charge on any atom is 0.262 e. The van der Waals surface area contributed by atoms with Gasteiger partial charge in [-0.1, -0.05) is 12.1 Å². The third-order valence-electron chi connectivity index (χ3n) is 5.06. The molecule has 1 fully saturated rings. The highest BCUT2D eigenvalue weighted by Gasteiger charge is 2.34. The first-order valence-electron chi connectivity index (χ1n) is 9.04. The van der Waals surface area contributed by atoms with Gasteiger partial charge < -0.3 is 9.64 Å². The van der Waals surface area contributed by atoms with Crippen LogP contribution >= 0.6 is 0 Å². The molecule has 27 heavy (non-hydrogen) atoms. The number of nitrogens with zero attached hydrogens (tertiary/aromatic N) is 1. The van der Waals surface area contributed by atoms with Crippen LogP contribution in [0.5, 0.6) is 5.75 Å². The summed E-state index contributed by atoms with van der Waals surface area (Å²) in [4.78, 5) is 14.4. The molecule has 2 aromatic rings. The molecule has 1 N–H and O–H groups in total. The van der Waals surface area contributed by atoms with Crippen LogP contribution in [-0.4, -0.2) is 32.9 Å². The molecule has 0 spiro atoms. The van der Waals surface area contributed by atoms with Gasteiger partial charge in [0, 0.05) is 30.8 Å². The second-order valence-corrected chi connectivity index (χ2v) is 8.73. The Morgan fingerprint density at radius 3 is 2.70 bits per heavy atom. The molecule has 1 saturated carbocycles. The SMILES string of the molecule is COc1cccc(S(=O)(=O)Nc2ccc3c(c2)CN(C(=O)C2CC2)CC3)c1. The second kappa shape index (κ2) is 6.88. The first-order chi connectivity index (χ1) is 13.0. The number of sulfonamides is 1. The topological polar surface area (TPSA) is 75.7 Å². The van der Waals surface area contributed by atoms with Gasteiger partial charge in [0.2, 0.25) is 5.91 Å². The first-order valence-corrected chi connectivity index (χ1v) is 10.5. The molecule has 0 bridgehead atoms. The summed E-state index contributed by atoms with van der Waals surface area (Å²) in [6.07, 6.45) is 2.78. The van der Waals surface area contributed by atoms with Crippen LogP contribution < -0.4 is 9.46 Å². The fraction of sp³-hybridized carbons (Fsp3) is 0.350. The number of carbonyl (C=O) groups is 1. The fourth-order valence-electron chi connectivity index (χ4n) is 3.38. The number of anilines is 1. The first kappa shape index (κ1) is 17.9. The fourth-order valence-corrected chi connectivity index (χ4v) is 4.46. The number of hydrogen-bond donors (Lipinski definition) is 1. The standard InChI is InChI=1S/C20H22N2O4S/c1-26-18-3-2-4-19(12-18)27(24,25)21-17-8-7-14-9-10-22(13-16(14)11-17)20(23)15-5-6-15/h2-4,7-8,11-12,15,21H,5-6,9-10,13H2,1H3. The molecule has 0 saturated heterocycles. The lowest BCUT2D eigenvalue weighted by Gasteiger charge is -2.29. The summed E-state index contributed by atoms with van der Waals surface area (Å²) in [6, 6.07) is 11.9. The number of ether oxygens (including phenoxy) is 1. The predicted octanol–water partition coefficient (Wildman–Crippen LogP) is 2.79. The summed E-state index contributed by atoms with van der Waals surface area (Å²) >= 11 is 0. The summed E-state index contributed by atoms with van der Waals surface area (Å²) in [6.45, 7) is 1.27. The molecule has 4 rings (SSSR count). The summed E-state index contributed by atoms with van der Waals surface area (Å²) in [5, 5.41) is 0. The van der Waals surface area contributed by atoms with E-state index >= 15 is 0 Å². The Balaban J connectivity index is 1.55. The minimum Gasteiger partial charge on any atom is -0.497 e. The van der Waals surface area contributed by atoms with E-state index in [9.17, 15) is 13.2 Å². The summed E-state index contributed by atoms with van der Waals surface area (Å²) in [5.74, 6) is 0.904. The minimum atomic E-state index is -3.72. The van der Waals surface area contributed by atoms with Crippen molar-refractivity contribution in [2.45, 2.75) is 30.7 Å². The monoisotopic (exact) mass is 386 g/mol. The molecule has 0 radical (unpaired) electrons. The highest BCUT2D eigenvalue weighted by atomic mass is 32.2. The summed E-state index contributed by atoms with van der Waals surface area (Å²) in [5.41, 5.74) is 2.66. The molecular weight excluding hydrogens is 364 g/mol. The van der Waals surface area contributed by atoms with Gasteiger partial charge in [-0.05, 0) is 54.7 Å². The minimum absolute atomic E-state index is 0.144. The molecule has 2 aliphatic rings. The average molecular weight is 386 g/mol. The van der Waals surface area contributed by atoms with Crippen molar-refractivity contribution < 1.29 is 17.9 Å². The zero-order valence-electron chi connectivity index (χ0n) is 15.1. The normalized spacial score (nSPS) is 16.6. The number of nitrogens with one attached hydrogen (secondary N) is 1. The van der Waals surface area contributed by atoms with E-state index in [1.165, 1.54) is 24.8 Å². The van der Waals surface area contributed by atoms with Gasteiger partial charge in [0.25, 0.3) is 10.0 Å². The van der Waals surface area contributed by atoms with Crippen LogP contribution in [-0.2, 0) is 27.8 Å².